The van der Waals surface area contributed by atoms with E-state index in [2.05, 4.69) is 15.9 Å². The van der Waals surface area contributed by atoms with Crippen molar-refractivity contribution < 1.29 is 24.1 Å². The van der Waals surface area contributed by atoms with Gasteiger partial charge in [0, 0.05) is 0 Å². The average molecular weight is 423 g/mol. The third-order valence-corrected chi connectivity index (χ3v) is 4.43. The highest BCUT2D eigenvalue weighted by Crippen LogP contribution is 2.45. The topological polar surface area (TPSA) is 57.2 Å². The molecular weight excluding hydrogens is 400 g/mol. The Morgan fingerprint density at radius 2 is 1.77 bits per heavy atom. The van der Waals surface area contributed by atoms with E-state index in [1.54, 1.807) is 26.4 Å². The van der Waals surface area contributed by atoms with Gasteiger partial charge in [-0.25, -0.2) is 0 Å². The molecule has 0 amide bonds. The lowest BCUT2D eigenvalue weighted by atomic mass is 10.1. The van der Waals surface area contributed by atoms with Crippen molar-refractivity contribution in [2.24, 2.45) is 0 Å². The molecule has 0 aliphatic rings. The van der Waals surface area contributed by atoms with Gasteiger partial charge in [-0.1, -0.05) is 24.3 Å². The van der Waals surface area contributed by atoms with Crippen molar-refractivity contribution >= 4 is 22.0 Å². The zero-order valence-electron chi connectivity index (χ0n) is 15.1. The first-order valence-electron chi connectivity index (χ1n) is 8.21. The van der Waals surface area contributed by atoms with E-state index in [1.807, 2.05) is 37.3 Å². The second kappa shape index (κ2) is 10.1. The smallest absolute Gasteiger partial charge is 0.205 e. The lowest BCUT2D eigenvalue weighted by Crippen LogP contribution is -2.02. The summed E-state index contributed by atoms with van der Waals surface area (Å²) in [6.45, 7) is 2.90. The van der Waals surface area contributed by atoms with Crippen molar-refractivity contribution in [3.63, 3.8) is 0 Å². The van der Waals surface area contributed by atoms with Crippen LogP contribution in [0.4, 0.5) is 0 Å². The van der Waals surface area contributed by atoms with E-state index in [0.29, 0.717) is 30.5 Å². The normalized spacial score (nSPS) is 10.8. The van der Waals surface area contributed by atoms with Gasteiger partial charge in [0.05, 0.1) is 31.9 Å². The standard InChI is InChI=1S/C20H23BrO5/c1-4-25-16-9-7-14(8-10-16)13-26-19-17(23-2)12-15(6-5-11-22)18(21)20(19)24-3/h5-10,12,22H,4,11,13H2,1-3H3. The molecule has 0 unspecified atom stereocenters. The highest BCUT2D eigenvalue weighted by atomic mass is 79.9. The van der Waals surface area contributed by atoms with Gasteiger partial charge in [-0.15, -0.1) is 0 Å². The maximum absolute atomic E-state index is 8.99. The van der Waals surface area contributed by atoms with Crippen LogP contribution in [0.15, 0.2) is 40.9 Å². The van der Waals surface area contributed by atoms with Gasteiger partial charge in [-0.05, 0) is 52.2 Å². The molecule has 2 rings (SSSR count). The average Bonchev–Trinajstić information content (AvgIpc) is 2.66. The summed E-state index contributed by atoms with van der Waals surface area (Å²) < 4.78 is 23.1. The van der Waals surface area contributed by atoms with E-state index in [1.165, 1.54) is 0 Å². The highest BCUT2D eigenvalue weighted by Gasteiger charge is 2.19. The molecule has 0 saturated heterocycles. The maximum Gasteiger partial charge on any atom is 0.205 e. The Kier molecular flexibility index (Phi) is 7.81. The van der Waals surface area contributed by atoms with Crippen molar-refractivity contribution in [1.82, 2.24) is 0 Å². The van der Waals surface area contributed by atoms with E-state index in [4.69, 9.17) is 24.1 Å². The Morgan fingerprint density at radius 3 is 2.35 bits per heavy atom. The monoisotopic (exact) mass is 422 g/mol. The molecule has 26 heavy (non-hydrogen) atoms. The summed E-state index contributed by atoms with van der Waals surface area (Å²) >= 11 is 3.53. The van der Waals surface area contributed by atoms with Crippen LogP contribution in [0, 0.1) is 0 Å². The first-order chi connectivity index (χ1) is 12.6. The Labute approximate surface area is 162 Å². The molecule has 2 aromatic rings. The van der Waals surface area contributed by atoms with Crippen molar-refractivity contribution in [3.05, 3.63) is 52.0 Å². The van der Waals surface area contributed by atoms with Gasteiger partial charge in [-0.2, -0.15) is 0 Å². The number of hydrogen-bond donors (Lipinski definition) is 1. The number of aliphatic hydroxyl groups is 1. The van der Waals surface area contributed by atoms with Crippen LogP contribution < -0.4 is 18.9 Å². The zero-order valence-corrected chi connectivity index (χ0v) is 16.7. The number of hydrogen-bond acceptors (Lipinski definition) is 5. The molecule has 0 atom stereocenters. The maximum atomic E-state index is 8.99. The molecule has 140 valence electrons. The number of benzene rings is 2. The fraction of sp³-hybridized carbons (Fsp3) is 0.300. The molecule has 2 aromatic carbocycles. The fourth-order valence-corrected chi connectivity index (χ4v) is 2.98. The number of halogens is 1. The van der Waals surface area contributed by atoms with Crippen molar-refractivity contribution in [1.29, 1.82) is 0 Å². The van der Waals surface area contributed by atoms with Crippen LogP contribution in [-0.2, 0) is 6.61 Å². The third-order valence-electron chi connectivity index (χ3n) is 3.61. The molecule has 0 bridgehead atoms. The van der Waals surface area contributed by atoms with Gasteiger partial charge in [0.15, 0.2) is 11.5 Å². The second-order valence-electron chi connectivity index (χ2n) is 5.29. The third kappa shape index (κ3) is 4.93. The highest BCUT2D eigenvalue weighted by molar-refractivity contribution is 9.10. The van der Waals surface area contributed by atoms with Gasteiger partial charge in [0.1, 0.15) is 12.4 Å². The fourth-order valence-electron chi connectivity index (χ4n) is 2.39. The quantitative estimate of drug-likeness (QED) is 0.646. The lowest BCUT2D eigenvalue weighted by Gasteiger charge is -2.17. The molecule has 0 heterocycles. The minimum atomic E-state index is -0.0485. The van der Waals surface area contributed by atoms with E-state index >= 15 is 0 Å². The van der Waals surface area contributed by atoms with Crippen LogP contribution in [0.25, 0.3) is 6.08 Å². The van der Waals surface area contributed by atoms with E-state index in [-0.39, 0.29) is 6.61 Å². The first-order valence-corrected chi connectivity index (χ1v) is 9.00. The molecule has 0 fully saturated rings. The predicted molar refractivity (Wildman–Crippen MR) is 105 cm³/mol. The largest absolute Gasteiger partial charge is 0.494 e. The summed E-state index contributed by atoms with van der Waals surface area (Å²) in [6.07, 6.45) is 3.42. The molecule has 0 radical (unpaired) electrons. The van der Waals surface area contributed by atoms with Gasteiger partial charge in [0.25, 0.3) is 0 Å². The van der Waals surface area contributed by atoms with Gasteiger partial charge in [0.2, 0.25) is 5.75 Å². The zero-order chi connectivity index (χ0) is 18.9. The Morgan fingerprint density at radius 1 is 1.04 bits per heavy atom. The summed E-state index contributed by atoms with van der Waals surface area (Å²) in [5.41, 5.74) is 1.82. The molecule has 0 aliphatic carbocycles. The Hall–Kier alpha value is -2.18. The van der Waals surface area contributed by atoms with Crippen LogP contribution in [0.5, 0.6) is 23.0 Å². The molecule has 0 spiro atoms. The van der Waals surface area contributed by atoms with Crippen molar-refractivity contribution in [2.45, 2.75) is 13.5 Å². The van der Waals surface area contributed by atoms with Crippen LogP contribution in [0.1, 0.15) is 18.1 Å². The SMILES string of the molecule is CCOc1ccc(COc2c(OC)cc(C=CCO)c(Br)c2OC)cc1. The summed E-state index contributed by atoms with van der Waals surface area (Å²) in [5, 5.41) is 8.99. The summed E-state index contributed by atoms with van der Waals surface area (Å²) in [5.74, 6) is 2.42. The molecule has 6 heteroatoms. The second-order valence-corrected chi connectivity index (χ2v) is 6.09. The van der Waals surface area contributed by atoms with Crippen LogP contribution in [0.2, 0.25) is 0 Å². The summed E-state index contributed by atoms with van der Waals surface area (Å²) in [7, 11) is 3.15. The molecular formula is C20H23BrO5. The first kappa shape index (κ1) is 20.1. The van der Waals surface area contributed by atoms with Gasteiger partial charge in [-0.3, -0.25) is 0 Å². The van der Waals surface area contributed by atoms with E-state index in [9.17, 15) is 0 Å². The molecule has 5 nitrogen and oxygen atoms in total. The number of methoxy groups -OCH3 is 2. The molecule has 0 aromatic heterocycles. The number of rotatable bonds is 9. The summed E-state index contributed by atoms with van der Waals surface area (Å²) in [6, 6.07) is 9.56. The van der Waals surface area contributed by atoms with Crippen molar-refractivity contribution in [3.8, 4) is 23.0 Å². The number of ether oxygens (including phenoxy) is 4. The van der Waals surface area contributed by atoms with Crippen molar-refractivity contribution in [2.75, 3.05) is 27.4 Å². The lowest BCUT2D eigenvalue weighted by molar-refractivity contribution is 0.265. The van der Waals surface area contributed by atoms with Crippen LogP contribution >= 0.6 is 15.9 Å². The molecule has 1 N–H and O–H groups in total. The van der Waals surface area contributed by atoms with Gasteiger partial charge < -0.3 is 24.1 Å². The van der Waals surface area contributed by atoms with Gasteiger partial charge >= 0.3 is 0 Å². The van der Waals surface area contributed by atoms with Crippen LogP contribution in [0.3, 0.4) is 0 Å². The Balaban J connectivity index is 2.27. The minimum absolute atomic E-state index is 0.0485. The number of aliphatic hydroxyl groups excluding tert-OH is 1. The van der Waals surface area contributed by atoms with E-state index in [0.717, 1.165) is 21.3 Å². The summed E-state index contributed by atoms with van der Waals surface area (Å²) in [4.78, 5) is 0. The molecule has 0 aliphatic heterocycles. The predicted octanol–water partition coefficient (Wildman–Crippen LogP) is 4.45. The molecule has 0 saturated carbocycles. The van der Waals surface area contributed by atoms with Crippen LogP contribution in [-0.4, -0.2) is 32.5 Å². The minimum Gasteiger partial charge on any atom is -0.494 e. The Bertz CT molecular complexity index is 741. The van der Waals surface area contributed by atoms with E-state index < -0.39 is 0 Å².